The van der Waals surface area contributed by atoms with Crippen LogP contribution < -0.4 is 0 Å². The van der Waals surface area contributed by atoms with E-state index < -0.39 is 0 Å². The molecule has 2 aliphatic heterocycles. The first kappa shape index (κ1) is 6.22. The van der Waals surface area contributed by atoms with E-state index in [-0.39, 0.29) is 0 Å². The Morgan fingerprint density at radius 1 is 0.857 bits per heavy atom. The average molecular weight is 218 g/mol. The van der Waals surface area contributed by atoms with Crippen molar-refractivity contribution in [2.24, 2.45) is 0 Å². The number of hydrogen-bond donors (Lipinski definition) is 0. The zero-order valence-electron chi connectivity index (χ0n) is 3.18. The molecule has 0 aromatic rings. The summed E-state index contributed by atoms with van der Waals surface area (Å²) >= 11 is 0. The summed E-state index contributed by atoms with van der Waals surface area (Å²) in [6.07, 6.45) is 0. The fourth-order valence-corrected chi connectivity index (χ4v) is 84.4. The third-order valence-corrected chi connectivity index (χ3v) is 48.4. The molecule has 0 nitrogen and oxygen atoms in total. The van der Waals surface area contributed by atoms with Crippen molar-refractivity contribution in [2.75, 3.05) is 0 Å². The molecule has 0 radical (unpaired) electrons. The molecule has 2 rings (SSSR count). The minimum atomic E-state index is 0.608. The summed E-state index contributed by atoms with van der Waals surface area (Å²) < 4.78 is 0. The zero-order chi connectivity index (χ0) is 4.69. The Morgan fingerprint density at radius 2 is 1.29 bits per heavy atom. The molecule has 7 heteroatoms. The van der Waals surface area contributed by atoms with Gasteiger partial charge in [0.1, 0.15) is 0 Å². The van der Waals surface area contributed by atoms with Crippen molar-refractivity contribution in [3.63, 3.8) is 0 Å². The summed E-state index contributed by atoms with van der Waals surface area (Å²) in [7, 11) is 8.77. The van der Waals surface area contributed by atoms with Gasteiger partial charge in [-0.3, -0.25) is 0 Å². The largest absolute Gasteiger partial charge is 0.0369 e. The average Bonchev–Trinajstić information content (AvgIpc) is 2.22. The van der Waals surface area contributed by atoms with Crippen LogP contribution in [-0.4, -0.2) is 0 Å². The molecule has 0 spiro atoms. The molecular weight excluding hydrogens is 217 g/mol. The van der Waals surface area contributed by atoms with Crippen LogP contribution in [0.25, 0.3) is 0 Å². The topological polar surface area (TPSA) is 0 Å². The van der Waals surface area contributed by atoms with Gasteiger partial charge >= 0.3 is 0 Å². The van der Waals surface area contributed by atoms with Gasteiger partial charge in [0.2, 0.25) is 0 Å². The SMILES string of the molecule is P1=PP2P=PP1P2. The van der Waals surface area contributed by atoms with Gasteiger partial charge in [-0.05, 0) is 38.2 Å². The molecule has 2 bridgehead atoms. The first-order valence-electron chi connectivity index (χ1n) is 1.65. The maximum Gasteiger partial charge on any atom is 0.0369 e. The van der Waals surface area contributed by atoms with E-state index >= 15 is 0 Å². The van der Waals surface area contributed by atoms with Crippen molar-refractivity contribution in [1.82, 2.24) is 0 Å². The molecule has 0 saturated heterocycles. The van der Waals surface area contributed by atoms with Gasteiger partial charge in [-0.2, -0.15) is 0 Å². The molecule has 2 heterocycles. The quantitative estimate of drug-likeness (QED) is 0.453. The summed E-state index contributed by atoms with van der Waals surface area (Å²) in [6.45, 7) is 1.22. The lowest BCUT2D eigenvalue weighted by molar-refractivity contribution is 5.06. The summed E-state index contributed by atoms with van der Waals surface area (Å²) in [4.78, 5) is 0. The smallest absolute Gasteiger partial charge is 0.0337 e. The van der Waals surface area contributed by atoms with E-state index in [4.69, 9.17) is 0 Å². The molecule has 0 unspecified atom stereocenters. The molecule has 2 aliphatic rings. The highest BCUT2D eigenvalue weighted by Gasteiger charge is 2.22. The van der Waals surface area contributed by atoms with Crippen LogP contribution >= 0.6 is 52.2 Å². The van der Waals surface area contributed by atoms with Crippen molar-refractivity contribution in [2.45, 2.75) is 0 Å². The van der Waals surface area contributed by atoms with Crippen LogP contribution in [0, 0.1) is 0 Å². The Hall–Kier alpha value is 2.49. The lowest BCUT2D eigenvalue weighted by atomic mass is 29.1. The van der Waals surface area contributed by atoms with Crippen LogP contribution in [0.2, 0.25) is 0 Å². The van der Waals surface area contributed by atoms with Crippen LogP contribution in [0.4, 0.5) is 0 Å². The summed E-state index contributed by atoms with van der Waals surface area (Å²) in [6, 6.07) is 0. The summed E-state index contributed by atoms with van der Waals surface area (Å²) in [5, 5.41) is 0. The van der Waals surface area contributed by atoms with E-state index in [1.807, 2.05) is 30.2 Å². The fourth-order valence-electron chi connectivity index (χ4n) is 0.347. The first-order chi connectivity index (χ1) is 3.45. The van der Waals surface area contributed by atoms with E-state index in [1.165, 1.54) is 7.96 Å². The Balaban J connectivity index is 2.38. The second kappa shape index (κ2) is 2.62. The monoisotopic (exact) mass is 218 g/mol. The summed E-state index contributed by atoms with van der Waals surface area (Å²) in [5.74, 6) is 0. The van der Waals surface area contributed by atoms with E-state index in [0.717, 1.165) is 0 Å². The molecule has 0 fully saturated rings. The maximum atomic E-state index is 1.83. The lowest BCUT2D eigenvalue weighted by Crippen LogP contribution is -0.995. The maximum absolute atomic E-state index is 1.83. The Kier molecular flexibility index (Phi) is 2.32. The molecule has 36 valence electrons. The molecule has 0 atom stereocenters. The molecule has 0 aromatic heterocycles. The van der Waals surface area contributed by atoms with Gasteiger partial charge in [0.25, 0.3) is 0 Å². The molecular formula is HP7. The molecule has 7 heavy (non-hydrogen) atoms. The zero-order valence-corrected chi connectivity index (χ0v) is 9.55. The second-order valence-corrected chi connectivity index (χ2v) is 28.0. The van der Waals surface area contributed by atoms with Crippen molar-refractivity contribution in [3.05, 3.63) is 0 Å². The predicted molar refractivity (Wildman–Crippen MR) is 49.8 cm³/mol. The van der Waals surface area contributed by atoms with Crippen LogP contribution in [0.15, 0.2) is 0 Å². The van der Waals surface area contributed by atoms with Crippen LogP contribution in [-0.2, 0) is 0 Å². The van der Waals surface area contributed by atoms with Crippen molar-refractivity contribution in [1.29, 1.82) is 0 Å². The van der Waals surface area contributed by atoms with Gasteiger partial charge in [-0.25, -0.2) is 0 Å². The molecule has 0 aliphatic carbocycles. The normalized spacial score (nSPS) is 56.0. The van der Waals surface area contributed by atoms with Crippen molar-refractivity contribution >= 4 is 52.2 Å². The standard InChI is InChI=1S/HP7/c1-2-7-4-3-6(1)5-7/h5H. The highest BCUT2D eigenvalue weighted by molar-refractivity contribution is 9.14. The predicted octanol–water partition coefficient (Wildman–Crippen LogP) is 5.76. The Bertz CT molecular complexity index is 103. The van der Waals surface area contributed by atoms with Crippen LogP contribution in [0.5, 0.6) is 0 Å². The first-order valence-corrected chi connectivity index (χ1v) is 14.8. The van der Waals surface area contributed by atoms with E-state index in [0.29, 0.717) is 14.0 Å². The van der Waals surface area contributed by atoms with Crippen molar-refractivity contribution < 1.29 is 0 Å². The van der Waals surface area contributed by atoms with E-state index in [2.05, 4.69) is 0 Å². The van der Waals surface area contributed by atoms with Crippen LogP contribution in [0.3, 0.4) is 0 Å². The van der Waals surface area contributed by atoms with E-state index in [1.54, 1.807) is 0 Å². The van der Waals surface area contributed by atoms with Gasteiger partial charge < -0.3 is 0 Å². The van der Waals surface area contributed by atoms with Crippen molar-refractivity contribution in [3.8, 4) is 0 Å². The fraction of sp³-hybridized carbons (Fsp3) is 0. The third kappa shape index (κ3) is 1.32. The number of fused-ring (bicyclic) bond motifs is 2. The Labute approximate surface area is 52.5 Å². The van der Waals surface area contributed by atoms with Gasteiger partial charge in [-0.15, -0.1) is 0 Å². The molecule has 0 amide bonds. The molecule has 0 aromatic carbocycles. The lowest BCUT2D eigenvalue weighted by Gasteiger charge is -1.85. The van der Waals surface area contributed by atoms with Crippen LogP contribution in [0.1, 0.15) is 0 Å². The number of hydrogen-bond acceptors (Lipinski definition) is 0. The minimum Gasteiger partial charge on any atom is -0.0337 e. The number of rotatable bonds is 0. The Morgan fingerprint density at radius 3 is 1.43 bits per heavy atom. The van der Waals surface area contributed by atoms with Gasteiger partial charge in [0.05, 0.1) is 0 Å². The minimum absolute atomic E-state index is 0.608. The summed E-state index contributed by atoms with van der Waals surface area (Å²) in [5.41, 5.74) is 0. The van der Waals surface area contributed by atoms with Gasteiger partial charge in [0, 0.05) is 14.0 Å². The molecule has 0 N–H and O–H groups in total. The van der Waals surface area contributed by atoms with E-state index in [9.17, 15) is 0 Å². The van der Waals surface area contributed by atoms with Gasteiger partial charge in [0.15, 0.2) is 0 Å². The molecule has 0 saturated carbocycles. The third-order valence-electron chi connectivity index (χ3n) is 0.598. The highest BCUT2D eigenvalue weighted by Crippen LogP contribution is 3.09. The highest BCUT2D eigenvalue weighted by atomic mass is 33.2. The second-order valence-electron chi connectivity index (χ2n) is 1.04. The van der Waals surface area contributed by atoms with Gasteiger partial charge in [-0.1, -0.05) is 0 Å².